The molecule has 1 N–H and O–H groups in total. The van der Waals surface area contributed by atoms with Crippen molar-refractivity contribution in [3.8, 4) is 11.4 Å². The van der Waals surface area contributed by atoms with Crippen LogP contribution in [0.3, 0.4) is 0 Å². The Balaban J connectivity index is 1.80. The average Bonchev–Trinajstić information content (AvgIpc) is 3.07. The highest BCUT2D eigenvalue weighted by Crippen LogP contribution is 2.27. The number of ether oxygens (including phenoxy) is 1. The molecular weight excluding hydrogens is 234 g/mol. The Hall–Kier alpha value is -1.66. The summed E-state index contributed by atoms with van der Waals surface area (Å²) in [5.74, 6) is 1.96. The lowest BCUT2D eigenvalue weighted by molar-refractivity contribution is 0.116. The van der Waals surface area contributed by atoms with Gasteiger partial charge in [-0.05, 0) is 19.4 Å². The SMILES string of the molecule is CO[C@@H]1CN[C@@H](c2nc(-c3ccoc3C)no2)C1. The van der Waals surface area contributed by atoms with E-state index in [9.17, 15) is 0 Å². The third-order valence-electron chi connectivity index (χ3n) is 3.26. The largest absolute Gasteiger partial charge is 0.469 e. The first-order valence-corrected chi connectivity index (χ1v) is 5.92. The summed E-state index contributed by atoms with van der Waals surface area (Å²) in [5, 5.41) is 7.29. The molecule has 0 unspecified atom stereocenters. The topological polar surface area (TPSA) is 73.3 Å². The van der Waals surface area contributed by atoms with Crippen LogP contribution in [0.1, 0.15) is 24.1 Å². The fraction of sp³-hybridized carbons (Fsp3) is 0.500. The van der Waals surface area contributed by atoms with Crippen LogP contribution in [-0.2, 0) is 4.74 Å². The molecule has 18 heavy (non-hydrogen) atoms. The van der Waals surface area contributed by atoms with Crippen LogP contribution in [0.5, 0.6) is 0 Å². The first-order chi connectivity index (χ1) is 8.78. The Morgan fingerprint density at radius 1 is 1.50 bits per heavy atom. The Bertz CT molecular complexity index is 534. The van der Waals surface area contributed by atoms with E-state index in [0.29, 0.717) is 11.7 Å². The zero-order chi connectivity index (χ0) is 12.5. The molecule has 6 nitrogen and oxygen atoms in total. The second kappa shape index (κ2) is 4.55. The number of methoxy groups -OCH3 is 1. The summed E-state index contributed by atoms with van der Waals surface area (Å²) >= 11 is 0. The Morgan fingerprint density at radius 3 is 3.06 bits per heavy atom. The van der Waals surface area contributed by atoms with Gasteiger partial charge in [-0.15, -0.1) is 0 Å². The maximum atomic E-state index is 5.30. The fourth-order valence-electron chi connectivity index (χ4n) is 2.17. The van der Waals surface area contributed by atoms with Crippen molar-refractivity contribution in [2.24, 2.45) is 0 Å². The second-order valence-corrected chi connectivity index (χ2v) is 4.40. The van der Waals surface area contributed by atoms with Crippen molar-refractivity contribution in [3.05, 3.63) is 24.0 Å². The summed E-state index contributed by atoms with van der Waals surface area (Å²) in [7, 11) is 1.71. The molecule has 6 heteroatoms. The monoisotopic (exact) mass is 249 g/mol. The van der Waals surface area contributed by atoms with Crippen LogP contribution in [-0.4, -0.2) is 29.9 Å². The minimum atomic E-state index is 0.0726. The summed E-state index contributed by atoms with van der Waals surface area (Å²) in [5.41, 5.74) is 0.867. The smallest absolute Gasteiger partial charge is 0.244 e. The van der Waals surface area contributed by atoms with Crippen molar-refractivity contribution in [2.45, 2.75) is 25.5 Å². The molecule has 1 aliphatic heterocycles. The zero-order valence-electron chi connectivity index (χ0n) is 10.3. The minimum absolute atomic E-state index is 0.0726. The first kappa shape index (κ1) is 11.4. The quantitative estimate of drug-likeness (QED) is 0.892. The van der Waals surface area contributed by atoms with Crippen LogP contribution in [0.25, 0.3) is 11.4 Å². The molecule has 0 radical (unpaired) electrons. The summed E-state index contributed by atoms with van der Waals surface area (Å²) in [4.78, 5) is 4.41. The van der Waals surface area contributed by atoms with Crippen LogP contribution in [0.4, 0.5) is 0 Å². The van der Waals surface area contributed by atoms with Gasteiger partial charge in [0.25, 0.3) is 0 Å². The highest BCUT2D eigenvalue weighted by molar-refractivity contribution is 5.56. The second-order valence-electron chi connectivity index (χ2n) is 4.40. The molecule has 2 aromatic rings. The number of nitrogens with zero attached hydrogens (tertiary/aromatic N) is 2. The predicted octanol–water partition coefficient (Wildman–Crippen LogP) is 1.69. The molecular formula is C12H15N3O3. The van der Waals surface area contributed by atoms with Gasteiger partial charge in [0, 0.05) is 13.7 Å². The van der Waals surface area contributed by atoms with E-state index >= 15 is 0 Å². The van der Waals surface area contributed by atoms with E-state index in [1.807, 2.05) is 13.0 Å². The number of nitrogens with one attached hydrogen (secondary N) is 1. The molecule has 2 aromatic heterocycles. The van der Waals surface area contributed by atoms with Crippen LogP contribution in [0.2, 0.25) is 0 Å². The molecule has 0 aliphatic carbocycles. The van der Waals surface area contributed by atoms with Crippen molar-refractivity contribution in [1.29, 1.82) is 0 Å². The fourth-order valence-corrected chi connectivity index (χ4v) is 2.17. The van der Waals surface area contributed by atoms with Crippen molar-refractivity contribution >= 4 is 0 Å². The third-order valence-corrected chi connectivity index (χ3v) is 3.26. The number of hydrogen-bond acceptors (Lipinski definition) is 6. The maximum absolute atomic E-state index is 5.30. The molecule has 96 valence electrons. The highest BCUT2D eigenvalue weighted by atomic mass is 16.5. The summed E-state index contributed by atoms with van der Waals surface area (Å²) < 4.78 is 15.8. The number of hydrogen-bond donors (Lipinski definition) is 1. The van der Waals surface area contributed by atoms with Gasteiger partial charge in [0.05, 0.1) is 24.0 Å². The molecule has 0 spiro atoms. The Labute approximate surface area is 104 Å². The Morgan fingerprint density at radius 2 is 2.39 bits per heavy atom. The molecule has 3 heterocycles. The number of furan rings is 1. The van der Waals surface area contributed by atoms with E-state index in [2.05, 4.69) is 15.5 Å². The van der Waals surface area contributed by atoms with E-state index < -0.39 is 0 Å². The molecule has 1 saturated heterocycles. The van der Waals surface area contributed by atoms with Gasteiger partial charge in [-0.1, -0.05) is 5.16 Å². The van der Waals surface area contributed by atoms with Gasteiger partial charge < -0.3 is 19.0 Å². The van der Waals surface area contributed by atoms with Gasteiger partial charge in [-0.2, -0.15) is 4.98 Å². The standard InChI is InChI=1S/C12H15N3O3/c1-7-9(3-4-17-7)11-14-12(18-15-11)10-5-8(16-2)6-13-10/h3-4,8,10,13H,5-6H2,1-2H3/t8-,10+/m0/s1. The number of aromatic nitrogens is 2. The van der Waals surface area contributed by atoms with E-state index in [4.69, 9.17) is 13.7 Å². The van der Waals surface area contributed by atoms with Crippen molar-refractivity contribution in [3.63, 3.8) is 0 Å². The predicted molar refractivity (Wildman–Crippen MR) is 62.9 cm³/mol. The van der Waals surface area contributed by atoms with Gasteiger partial charge in [-0.25, -0.2) is 0 Å². The van der Waals surface area contributed by atoms with E-state index in [-0.39, 0.29) is 12.1 Å². The van der Waals surface area contributed by atoms with Gasteiger partial charge in [0.2, 0.25) is 11.7 Å². The average molecular weight is 249 g/mol. The van der Waals surface area contributed by atoms with Gasteiger partial charge in [0.15, 0.2) is 0 Å². The molecule has 0 aromatic carbocycles. The molecule has 1 aliphatic rings. The molecule has 2 atom stereocenters. The Kier molecular flexibility index (Phi) is 2.89. The van der Waals surface area contributed by atoms with E-state index in [0.717, 1.165) is 24.3 Å². The number of aryl methyl sites for hydroxylation is 1. The van der Waals surface area contributed by atoms with Crippen LogP contribution >= 0.6 is 0 Å². The van der Waals surface area contributed by atoms with Crippen LogP contribution in [0.15, 0.2) is 21.3 Å². The molecule has 1 fully saturated rings. The minimum Gasteiger partial charge on any atom is -0.469 e. The highest BCUT2D eigenvalue weighted by Gasteiger charge is 2.29. The normalized spacial score (nSPS) is 23.7. The van der Waals surface area contributed by atoms with Gasteiger partial charge in [0.1, 0.15) is 5.76 Å². The van der Waals surface area contributed by atoms with Crippen molar-refractivity contribution in [1.82, 2.24) is 15.5 Å². The van der Waals surface area contributed by atoms with Crippen LogP contribution in [0, 0.1) is 6.92 Å². The third kappa shape index (κ3) is 1.93. The lowest BCUT2D eigenvalue weighted by Gasteiger charge is -2.04. The first-order valence-electron chi connectivity index (χ1n) is 5.92. The van der Waals surface area contributed by atoms with Crippen LogP contribution < -0.4 is 5.32 Å². The van der Waals surface area contributed by atoms with Crippen molar-refractivity contribution in [2.75, 3.05) is 13.7 Å². The molecule has 0 bridgehead atoms. The lowest BCUT2D eigenvalue weighted by Crippen LogP contribution is -2.16. The zero-order valence-corrected chi connectivity index (χ0v) is 10.3. The van der Waals surface area contributed by atoms with Gasteiger partial charge >= 0.3 is 0 Å². The summed E-state index contributed by atoms with van der Waals surface area (Å²) in [6.45, 7) is 2.68. The maximum Gasteiger partial charge on any atom is 0.244 e. The molecule has 0 saturated carbocycles. The number of rotatable bonds is 3. The molecule has 0 amide bonds. The summed E-state index contributed by atoms with van der Waals surface area (Å²) in [6.07, 6.45) is 2.68. The van der Waals surface area contributed by atoms with E-state index in [1.54, 1.807) is 13.4 Å². The van der Waals surface area contributed by atoms with Gasteiger partial charge in [-0.3, -0.25) is 0 Å². The lowest BCUT2D eigenvalue weighted by atomic mass is 10.2. The summed E-state index contributed by atoms with van der Waals surface area (Å²) in [6, 6.07) is 1.91. The van der Waals surface area contributed by atoms with Crippen molar-refractivity contribution < 1.29 is 13.7 Å². The van der Waals surface area contributed by atoms with E-state index in [1.165, 1.54) is 0 Å². The molecule has 3 rings (SSSR count).